The molecule has 0 aromatic rings. The third-order valence-electron chi connectivity index (χ3n) is 4.03. The number of hydrogen-bond donors (Lipinski definition) is 1. The van der Waals surface area contributed by atoms with Crippen LogP contribution >= 0.6 is 0 Å². The summed E-state index contributed by atoms with van der Waals surface area (Å²) in [5.41, 5.74) is 0.430. The van der Waals surface area contributed by atoms with Crippen LogP contribution in [0.15, 0.2) is 0 Å². The Kier molecular flexibility index (Phi) is 4.22. The van der Waals surface area contributed by atoms with Crippen LogP contribution in [-0.4, -0.2) is 39.5 Å². The molecule has 0 amide bonds. The van der Waals surface area contributed by atoms with Crippen LogP contribution in [-0.2, 0) is 9.47 Å². The summed E-state index contributed by atoms with van der Waals surface area (Å²) in [6.07, 6.45) is 5.12. The van der Waals surface area contributed by atoms with Gasteiger partial charge in [0.2, 0.25) is 0 Å². The van der Waals surface area contributed by atoms with Crippen LogP contribution in [0.2, 0.25) is 0 Å². The van der Waals surface area contributed by atoms with E-state index in [2.05, 4.69) is 12.2 Å². The molecule has 1 unspecified atom stereocenters. The van der Waals surface area contributed by atoms with Crippen molar-refractivity contribution in [2.45, 2.75) is 38.6 Å². The molecular weight excluding hydrogens is 202 g/mol. The van der Waals surface area contributed by atoms with Crippen LogP contribution < -0.4 is 5.32 Å². The maximum atomic E-state index is 5.43. The smallest absolute Gasteiger partial charge is 0.0618 e. The fourth-order valence-electron chi connectivity index (χ4n) is 2.46. The van der Waals surface area contributed by atoms with Crippen LogP contribution in [0.5, 0.6) is 0 Å². The monoisotopic (exact) mass is 227 g/mol. The molecule has 3 heteroatoms. The third kappa shape index (κ3) is 3.44. The number of methoxy groups -OCH3 is 1. The van der Waals surface area contributed by atoms with Crippen molar-refractivity contribution < 1.29 is 9.47 Å². The largest absolute Gasteiger partial charge is 0.383 e. The maximum Gasteiger partial charge on any atom is 0.0618 e. The number of ether oxygens (including phenoxy) is 2. The molecule has 16 heavy (non-hydrogen) atoms. The minimum atomic E-state index is 0.430. The lowest BCUT2D eigenvalue weighted by atomic mass is 9.82. The second-order valence-electron chi connectivity index (χ2n) is 5.70. The predicted octanol–water partition coefficient (Wildman–Crippen LogP) is 1.82. The Morgan fingerprint density at radius 2 is 2.06 bits per heavy atom. The van der Waals surface area contributed by atoms with Crippen LogP contribution in [0.25, 0.3) is 0 Å². The summed E-state index contributed by atoms with van der Waals surface area (Å²) < 4.78 is 10.7. The van der Waals surface area contributed by atoms with Gasteiger partial charge in [-0.3, -0.25) is 0 Å². The zero-order chi connectivity index (χ0) is 11.4. The first-order chi connectivity index (χ1) is 7.73. The van der Waals surface area contributed by atoms with Gasteiger partial charge in [0.15, 0.2) is 0 Å². The summed E-state index contributed by atoms with van der Waals surface area (Å²) >= 11 is 0. The zero-order valence-corrected chi connectivity index (χ0v) is 10.6. The fourth-order valence-corrected chi connectivity index (χ4v) is 2.46. The summed E-state index contributed by atoms with van der Waals surface area (Å²) in [4.78, 5) is 0. The van der Waals surface area contributed by atoms with Crippen molar-refractivity contribution in [2.75, 3.05) is 33.5 Å². The molecule has 1 N–H and O–H groups in total. The van der Waals surface area contributed by atoms with E-state index in [1.165, 1.54) is 25.7 Å². The van der Waals surface area contributed by atoms with E-state index >= 15 is 0 Å². The Morgan fingerprint density at radius 3 is 2.62 bits per heavy atom. The summed E-state index contributed by atoms with van der Waals surface area (Å²) in [5, 5.41) is 3.71. The number of hydrogen-bond acceptors (Lipinski definition) is 3. The van der Waals surface area contributed by atoms with Crippen molar-refractivity contribution >= 4 is 0 Å². The maximum absolute atomic E-state index is 5.43. The molecule has 0 spiro atoms. The van der Waals surface area contributed by atoms with Crippen LogP contribution in [0, 0.1) is 11.3 Å². The first-order valence-electron chi connectivity index (χ1n) is 6.54. The van der Waals surface area contributed by atoms with E-state index in [1.54, 1.807) is 7.11 Å². The van der Waals surface area contributed by atoms with Crippen LogP contribution in [0.1, 0.15) is 32.6 Å². The molecule has 0 bridgehead atoms. The first-order valence-corrected chi connectivity index (χ1v) is 6.54. The van der Waals surface area contributed by atoms with E-state index in [1.807, 2.05) is 0 Å². The molecule has 1 atom stereocenters. The molecule has 1 saturated heterocycles. The highest BCUT2D eigenvalue weighted by Crippen LogP contribution is 2.34. The topological polar surface area (TPSA) is 30.5 Å². The molecule has 0 aromatic heterocycles. The Bertz CT molecular complexity index is 210. The first kappa shape index (κ1) is 12.3. The van der Waals surface area contributed by atoms with E-state index in [0.717, 1.165) is 32.3 Å². The summed E-state index contributed by atoms with van der Waals surface area (Å²) in [6, 6.07) is 0.574. The normalized spacial score (nSPS) is 26.6. The van der Waals surface area contributed by atoms with E-state index in [4.69, 9.17) is 9.47 Å². The quantitative estimate of drug-likeness (QED) is 0.751. The van der Waals surface area contributed by atoms with E-state index in [9.17, 15) is 0 Å². The average Bonchev–Trinajstić information content (AvgIpc) is 3.09. The fraction of sp³-hybridized carbons (Fsp3) is 1.00. The Morgan fingerprint density at radius 1 is 1.38 bits per heavy atom. The highest BCUT2D eigenvalue weighted by molar-refractivity contribution is 4.89. The lowest BCUT2D eigenvalue weighted by Crippen LogP contribution is -2.44. The predicted molar refractivity (Wildman–Crippen MR) is 64.6 cm³/mol. The molecule has 2 rings (SSSR count). The van der Waals surface area contributed by atoms with Crippen molar-refractivity contribution in [1.82, 2.24) is 5.32 Å². The van der Waals surface area contributed by atoms with Crippen molar-refractivity contribution in [1.29, 1.82) is 0 Å². The number of nitrogens with one attached hydrogen (secondary N) is 1. The van der Waals surface area contributed by atoms with Gasteiger partial charge >= 0.3 is 0 Å². The van der Waals surface area contributed by atoms with Gasteiger partial charge in [0.25, 0.3) is 0 Å². The van der Waals surface area contributed by atoms with Crippen molar-refractivity contribution in [3.05, 3.63) is 0 Å². The lowest BCUT2D eigenvalue weighted by molar-refractivity contribution is 0.0207. The third-order valence-corrected chi connectivity index (χ3v) is 4.03. The van der Waals surface area contributed by atoms with Crippen LogP contribution in [0.4, 0.5) is 0 Å². The second-order valence-corrected chi connectivity index (χ2v) is 5.70. The van der Waals surface area contributed by atoms with Gasteiger partial charge in [-0.05, 0) is 37.0 Å². The molecular formula is C13H25NO2. The minimum absolute atomic E-state index is 0.430. The summed E-state index contributed by atoms with van der Waals surface area (Å²) in [7, 11) is 1.80. The molecule has 0 radical (unpaired) electrons. The zero-order valence-electron chi connectivity index (χ0n) is 10.6. The standard InChI is InChI=1S/C13H25NO2/c1-13(5-7-16-8-6-13)10-14-12(9-15-2)11-3-4-11/h11-12,14H,3-10H2,1-2H3. The van der Waals surface area contributed by atoms with E-state index < -0.39 is 0 Å². The molecule has 1 aliphatic carbocycles. The number of rotatable bonds is 6. The molecule has 0 aromatic carbocycles. The molecule has 3 nitrogen and oxygen atoms in total. The van der Waals surface area contributed by atoms with Gasteiger partial charge in [-0.15, -0.1) is 0 Å². The molecule has 2 aliphatic rings. The van der Waals surface area contributed by atoms with Gasteiger partial charge < -0.3 is 14.8 Å². The second kappa shape index (κ2) is 5.48. The highest BCUT2D eigenvalue weighted by atomic mass is 16.5. The van der Waals surface area contributed by atoms with Gasteiger partial charge in [-0.1, -0.05) is 6.92 Å². The van der Waals surface area contributed by atoms with Crippen LogP contribution in [0.3, 0.4) is 0 Å². The van der Waals surface area contributed by atoms with E-state index in [0.29, 0.717) is 11.5 Å². The van der Waals surface area contributed by atoms with E-state index in [-0.39, 0.29) is 0 Å². The van der Waals surface area contributed by atoms with Gasteiger partial charge in [-0.25, -0.2) is 0 Å². The van der Waals surface area contributed by atoms with Crippen molar-refractivity contribution in [3.8, 4) is 0 Å². The van der Waals surface area contributed by atoms with Gasteiger partial charge in [-0.2, -0.15) is 0 Å². The molecule has 1 heterocycles. The molecule has 1 saturated carbocycles. The Hall–Kier alpha value is -0.120. The molecule has 2 fully saturated rings. The lowest BCUT2D eigenvalue weighted by Gasteiger charge is -2.35. The highest BCUT2D eigenvalue weighted by Gasteiger charge is 2.33. The van der Waals surface area contributed by atoms with Crippen molar-refractivity contribution in [3.63, 3.8) is 0 Å². The molecule has 94 valence electrons. The van der Waals surface area contributed by atoms with Gasteiger partial charge in [0.05, 0.1) is 6.61 Å². The van der Waals surface area contributed by atoms with Gasteiger partial charge in [0, 0.05) is 32.9 Å². The SMILES string of the molecule is COCC(NCC1(C)CCOCC1)C1CC1. The Labute approximate surface area is 98.9 Å². The summed E-state index contributed by atoms with van der Waals surface area (Å²) in [6.45, 7) is 6.20. The Balaban J connectivity index is 1.75. The summed E-state index contributed by atoms with van der Waals surface area (Å²) in [5.74, 6) is 0.864. The average molecular weight is 227 g/mol. The minimum Gasteiger partial charge on any atom is -0.383 e. The van der Waals surface area contributed by atoms with Gasteiger partial charge in [0.1, 0.15) is 0 Å². The molecule has 1 aliphatic heterocycles. The van der Waals surface area contributed by atoms with Crippen molar-refractivity contribution in [2.24, 2.45) is 11.3 Å².